The lowest BCUT2D eigenvalue weighted by Crippen LogP contribution is -2.45. The summed E-state index contributed by atoms with van der Waals surface area (Å²) in [5.41, 5.74) is 5.56. The first kappa shape index (κ1) is 14.9. The van der Waals surface area contributed by atoms with Crippen LogP contribution in [0.25, 0.3) is 0 Å². The Morgan fingerprint density at radius 1 is 1.24 bits per heavy atom. The van der Waals surface area contributed by atoms with Gasteiger partial charge in [-0.15, -0.1) is 0 Å². The number of unbranched alkanes of at least 4 members (excludes halogenated alkanes) is 1. The zero-order valence-electron chi connectivity index (χ0n) is 10.9. The summed E-state index contributed by atoms with van der Waals surface area (Å²) < 4.78 is 26.2. The molecular formula is C12H26N2O2S. The fraction of sp³-hybridized carbons (Fsp3) is 1.00. The summed E-state index contributed by atoms with van der Waals surface area (Å²) in [5.74, 6) is 0.278. The summed E-state index contributed by atoms with van der Waals surface area (Å²) in [7, 11) is -3.09. The fourth-order valence-corrected chi connectivity index (χ4v) is 4.43. The SMILES string of the molecule is CCCCS(=O)(=O)N(CCN)C1CCCCC1. The van der Waals surface area contributed by atoms with Gasteiger partial charge in [0.1, 0.15) is 0 Å². The Morgan fingerprint density at radius 3 is 2.41 bits per heavy atom. The zero-order valence-corrected chi connectivity index (χ0v) is 11.7. The van der Waals surface area contributed by atoms with Gasteiger partial charge in [-0.2, -0.15) is 4.31 Å². The van der Waals surface area contributed by atoms with Crippen molar-refractivity contribution in [2.24, 2.45) is 5.73 Å². The van der Waals surface area contributed by atoms with E-state index in [4.69, 9.17) is 5.73 Å². The maximum atomic E-state index is 12.2. The predicted molar refractivity (Wildman–Crippen MR) is 71.3 cm³/mol. The van der Waals surface area contributed by atoms with Crippen LogP contribution >= 0.6 is 0 Å². The first-order valence-electron chi connectivity index (χ1n) is 6.81. The number of hydrogen-bond donors (Lipinski definition) is 1. The summed E-state index contributed by atoms with van der Waals surface area (Å²) in [6.07, 6.45) is 7.21. The van der Waals surface area contributed by atoms with Crippen molar-refractivity contribution in [3.63, 3.8) is 0 Å². The highest BCUT2D eigenvalue weighted by Gasteiger charge is 2.29. The highest BCUT2D eigenvalue weighted by molar-refractivity contribution is 7.89. The van der Waals surface area contributed by atoms with Gasteiger partial charge in [-0.3, -0.25) is 0 Å². The van der Waals surface area contributed by atoms with Gasteiger partial charge in [0.15, 0.2) is 0 Å². The Labute approximate surface area is 106 Å². The number of sulfonamides is 1. The molecule has 0 radical (unpaired) electrons. The van der Waals surface area contributed by atoms with Crippen LogP contribution in [0.4, 0.5) is 0 Å². The van der Waals surface area contributed by atoms with Crippen LogP contribution in [0, 0.1) is 0 Å². The lowest BCUT2D eigenvalue weighted by molar-refractivity contribution is 0.257. The van der Waals surface area contributed by atoms with E-state index in [1.165, 1.54) is 6.42 Å². The molecule has 102 valence electrons. The Balaban J connectivity index is 2.68. The van der Waals surface area contributed by atoms with E-state index in [9.17, 15) is 8.42 Å². The molecule has 0 aliphatic heterocycles. The Morgan fingerprint density at radius 2 is 1.88 bits per heavy atom. The van der Waals surface area contributed by atoms with Crippen LogP contribution in [0.15, 0.2) is 0 Å². The maximum absolute atomic E-state index is 12.2. The average Bonchev–Trinajstić information content (AvgIpc) is 2.34. The third kappa shape index (κ3) is 4.56. The second-order valence-corrected chi connectivity index (χ2v) is 6.90. The maximum Gasteiger partial charge on any atom is 0.214 e. The number of nitrogens with zero attached hydrogens (tertiary/aromatic N) is 1. The van der Waals surface area contributed by atoms with E-state index in [1.807, 2.05) is 6.92 Å². The van der Waals surface area contributed by atoms with Gasteiger partial charge < -0.3 is 5.73 Å². The van der Waals surface area contributed by atoms with Crippen LogP contribution in [-0.4, -0.2) is 37.6 Å². The number of nitrogens with two attached hydrogens (primary N) is 1. The van der Waals surface area contributed by atoms with Gasteiger partial charge in [0, 0.05) is 19.1 Å². The molecule has 1 aliphatic carbocycles. The summed E-state index contributed by atoms with van der Waals surface area (Å²) >= 11 is 0. The minimum absolute atomic E-state index is 0.203. The van der Waals surface area contributed by atoms with Crippen LogP contribution in [0.2, 0.25) is 0 Å². The molecule has 0 aromatic carbocycles. The highest BCUT2D eigenvalue weighted by Crippen LogP contribution is 2.24. The monoisotopic (exact) mass is 262 g/mol. The molecule has 0 heterocycles. The van der Waals surface area contributed by atoms with Gasteiger partial charge in [-0.25, -0.2) is 8.42 Å². The van der Waals surface area contributed by atoms with Crippen LogP contribution < -0.4 is 5.73 Å². The predicted octanol–water partition coefficient (Wildman–Crippen LogP) is 1.71. The third-order valence-corrected chi connectivity index (χ3v) is 5.44. The van der Waals surface area contributed by atoms with Gasteiger partial charge in [0.25, 0.3) is 0 Å². The zero-order chi connectivity index (χ0) is 12.7. The molecule has 2 N–H and O–H groups in total. The first-order chi connectivity index (χ1) is 8.11. The molecule has 4 nitrogen and oxygen atoms in total. The van der Waals surface area contributed by atoms with Crippen molar-refractivity contribution >= 4 is 10.0 Å². The Kier molecular flexibility index (Phi) is 6.44. The largest absolute Gasteiger partial charge is 0.329 e. The quantitative estimate of drug-likeness (QED) is 0.759. The second-order valence-electron chi connectivity index (χ2n) is 4.86. The van der Waals surface area contributed by atoms with E-state index in [2.05, 4.69) is 0 Å². The van der Waals surface area contributed by atoms with Gasteiger partial charge in [0.2, 0.25) is 10.0 Å². The van der Waals surface area contributed by atoms with Crippen molar-refractivity contribution in [2.75, 3.05) is 18.8 Å². The van der Waals surface area contributed by atoms with Crippen LogP contribution in [0.1, 0.15) is 51.9 Å². The summed E-state index contributed by atoms with van der Waals surface area (Å²) in [6.45, 7) is 2.92. The van der Waals surface area contributed by atoms with Gasteiger partial charge in [-0.1, -0.05) is 32.6 Å². The van der Waals surface area contributed by atoms with E-state index in [0.717, 1.165) is 38.5 Å². The molecule has 0 amide bonds. The second kappa shape index (κ2) is 7.34. The number of hydrogen-bond acceptors (Lipinski definition) is 3. The van der Waals surface area contributed by atoms with Crippen LogP contribution in [-0.2, 0) is 10.0 Å². The highest BCUT2D eigenvalue weighted by atomic mass is 32.2. The smallest absolute Gasteiger partial charge is 0.214 e. The van der Waals surface area contributed by atoms with Crippen molar-refractivity contribution in [3.05, 3.63) is 0 Å². The van der Waals surface area contributed by atoms with E-state index < -0.39 is 10.0 Å². The van der Waals surface area contributed by atoms with Crippen molar-refractivity contribution in [3.8, 4) is 0 Å². The molecule has 17 heavy (non-hydrogen) atoms. The van der Waals surface area contributed by atoms with Gasteiger partial charge in [0.05, 0.1) is 5.75 Å². The Bertz CT molecular complexity index is 298. The average molecular weight is 262 g/mol. The molecule has 0 spiro atoms. The van der Waals surface area contributed by atoms with Crippen molar-refractivity contribution < 1.29 is 8.42 Å². The minimum atomic E-state index is -3.09. The van der Waals surface area contributed by atoms with Gasteiger partial charge >= 0.3 is 0 Å². The molecule has 5 heteroatoms. The third-order valence-electron chi connectivity index (χ3n) is 3.44. The molecule has 0 bridgehead atoms. The van der Waals surface area contributed by atoms with Crippen molar-refractivity contribution in [2.45, 2.75) is 57.9 Å². The van der Waals surface area contributed by atoms with Gasteiger partial charge in [-0.05, 0) is 19.3 Å². The normalized spacial score (nSPS) is 18.8. The van der Waals surface area contributed by atoms with E-state index in [1.54, 1.807) is 4.31 Å². The minimum Gasteiger partial charge on any atom is -0.329 e. The molecule has 0 saturated heterocycles. The summed E-state index contributed by atoms with van der Waals surface area (Å²) in [5, 5.41) is 0. The lowest BCUT2D eigenvalue weighted by atomic mass is 9.95. The fourth-order valence-electron chi connectivity index (χ4n) is 2.49. The molecule has 1 fully saturated rings. The van der Waals surface area contributed by atoms with E-state index in [-0.39, 0.29) is 11.8 Å². The molecule has 1 saturated carbocycles. The summed E-state index contributed by atoms with van der Waals surface area (Å²) in [4.78, 5) is 0. The van der Waals surface area contributed by atoms with Crippen molar-refractivity contribution in [1.29, 1.82) is 0 Å². The van der Waals surface area contributed by atoms with Crippen LogP contribution in [0.3, 0.4) is 0 Å². The molecule has 0 unspecified atom stereocenters. The molecule has 0 aromatic heterocycles. The number of rotatable bonds is 7. The van der Waals surface area contributed by atoms with Crippen LogP contribution in [0.5, 0.6) is 0 Å². The van der Waals surface area contributed by atoms with E-state index >= 15 is 0 Å². The summed E-state index contributed by atoms with van der Waals surface area (Å²) in [6, 6.07) is 0.203. The molecule has 0 atom stereocenters. The molecular weight excluding hydrogens is 236 g/mol. The standard InChI is InChI=1S/C12H26N2O2S/c1-2-3-11-17(15,16)14(10-9-13)12-7-5-4-6-8-12/h12H,2-11,13H2,1H3. The lowest BCUT2D eigenvalue weighted by Gasteiger charge is -2.33. The molecule has 1 rings (SSSR count). The van der Waals surface area contributed by atoms with E-state index in [0.29, 0.717) is 13.1 Å². The molecule has 0 aromatic rings. The Hall–Kier alpha value is -0.130. The topological polar surface area (TPSA) is 63.4 Å². The van der Waals surface area contributed by atoms with Crippen molar-refractivity contribution in [1.82, 2.24) is 4.31 Å². The molecule has 1 aliphatic rings. The first-order valence-corrected chi connectivity index (χ1v) is 8.42.